The van der Waals surface area contributed by atoms with E-state index < -0.39 is 15.8 Å². The van der Waals surface area contributed by atoms with Crippen LogP contribution in [0.25, 0.3) is 0 Å². The Bertz CT molecular complexity index is 964. The zero-order valence-electron chi connectivity index (χ0n) is 16.1. The highest BCUT2D eigenvalue weighted by atomic mass is 35.5. The van der Waals surface area contributed by atoms with Gasteiger partial charge in [-0.15, -0.1) is 0 Å². The summed E-state index contributed by atoms with van der Waals surface area (Å²) in [6, 6.07) is 13.2. The second-order valence-electron chi connectivity index (χ2n) is 6.98. The van der Waals surface area contributed by atoms with Gasteiger partial charge in [0.25, 0.3) is 0 Å². The Morgan fingerprint density at radius 2 is 1.76 bits per heavy atom. The van der Waals surface area contributed by atoms with Crippen molar-refractivity contribution in [1.29, 1.82) is 0 Å². The third kappa shape index (κ3) is 5.33. The third-order valence-electron chi connectivity index (χ3n) is 4.91. The first-order valence-corrected chi connectivity index (χ1v) is 11.0. The van der Waals surface area contributed by atoms with Gasteiger partial charge in [0.2, 0.25) is 15.9 Å². The molecule has 1 fully saturated rings. The quantitative estimate of drug-likeness (QED) is 0.693. The van der Waals surface area contributed by atoms with Crippen molar-refractivity contribution in [1.82, 2.24) is 14.1 Å². The van der Waals surface area contributed by atoms with Crippen LogP contribution in [-0.4, -0.2) is 68.2 Å². The van der Waals surface area contributed by atoms with Crippen LogP contribution in [0.5, 0.6) is 0 Å². The third-order valence-corrected chi connectivity index (χ3v) is 7.20. The predicted molar refractivity (Wildman–Crippen MR) is 110 cm³/mol. The number of nitrogens with zero attached hydrogens (tertiary/aromatic N) is 3. The lowest BCUT2D eigenvalue weighted by Crippen LogP contribution is -2.51. The van der Waals surface area contributed by atoms with Gasteiger partial charge in [-0.2, -0.15) is 4.31 Å². The lowest BCUT2D eigenvalue weighted by Gasteiger charge is -2.35. The first kappa shape index (κ1) is 21.7. The molecule has 1 heterocycles. The number of amides is 1. The van der Waals surface area contributed by atoms with Gasteiger partial charge >= 0.3 is 0 Å². The van der Waals surface area contributed by atoms with E-state index in [1.54, 1.807) is 4.90 Å². The maximum atomic E-state index is 13.2. The number of sulfonamides is 1. The summed E-state index contributed by atoms with van der Waals surface area (Å²) in [5.74, 6) is -0.894. The molecule has 29 heavy (non-hydrogen) atoms. The molecule has 156 valence electrons. The monoisotopic (exact) mass is 439 g/mol. The van der Waals surface area contributed by atoms with Crippen LogP contribution in [0.1, 0.15) is 5.56 Å². The number of likely N-dealkylation sites (N-methyl/N-ethyl adjacent to an activating group) is 1. The number of hydrogen-bond acceptors (Lipinski definition) is 4. The lowest BCUT2D eigenvalue weighted by atomic mass is 10.2. The summed E-state index contributed by atoms with van der Waals surface area (Å²) in [6.07, 6.45) is 0. The van der Waals surface area contributed by atoms with Crippen LogP contribution < -0.4 is 0 Å². The van der Waals surface area contributed by atoms with Crippen LogP contribution in [0, 0.1) is 5.82 Å². The first-order chi connectivity index (χ1) is 13.8. The van der Waals surface area contributed by atoms with E-state index in [0.717, 1.165) is 42.1 Å². The number of carbonyl (C=O) groups is 1. The zero-order valence-corrected chi connectivity index (χ0v) is 17.7. The second kappa shape index (κ2) is 9.21. The maximum absolute atomic E-state index is 13.2. The molecule has 0 atom stereocenters. The second-order valence-corrected chi connectivity index (χ2v) is 9.40. The van der Waals surface area contributed by atoms with E-state index in [2.05, 4.69) is 17.0 Å². The topological polar surface area (TPSA) is 60.9 Å². The average Bonchev–Trinajstić information content (AvgIpc) is 2.69. The summed E-state index contributed by atoms with van der Waals surface area (Å²) < 4.78 is 39.5. The van der Waals surface area contributed by atoms with Crippen LogP contribution in [0.3, 0.4) is 0 Å². The highest BCUT2D eigenvalue weighted by Gasteiger charge is 2.28. The van der Waals surface area contributed by atoms with E-state index in [1.807, 2.05) is 18.2 Å². The number of benzene rings is 2. The van der Waals surface area contributed by atoms with Gasteiger partial charge < -0.3 is 4.90 Å². The Balaban J connectivity index is 1.56. The highest BCUT2D eigenvalue weighted by Crippen LogP contribution is 2.24. The molecule has 0 spiro atoms. The van der Waals surface area contributed by atoms with E-state index in [9.17, 15) is 17.6 Å². The van der Waals surface area contributed by atoms with Crippen LogP contribution in [0.2, 0.25) is 5.02 Å². The number of halogens is 2. The number of hydrogen-bond donors (Lipinski definition) is 0. The maximum Gasteiger partial charge on any atom is 0.244 e. The van der Waals surface area contributed by atoms with Gasteiger partial charge in [0.05, 0.1) is 11.6 Å². The summed E-state index contributed by atoms with van der Waals surface area (Å²) >= 11 is 5.88. The van der Waals surface area contributed by atoms with Crippen LogP contribution in [0.4, 0.5) is 4.39 Å². The Labute approximate surface area is 175 Å². The van der Waals surface area contributed by atoms with Crippen molar-refractivity contribution in [2.75, 3.05) is 39.8 Å². The Kier molecular flexibility index (Phi) is 6.89. The number of carbonyl (C=O) groups excluding carboxylic acids is 1. The fraction of sp³-hybridized carbons (Fsp3) is 0.350. The molecule has 9 heteroatoms. The van der Waals surface area contributed by atoms with Gasteiger partial charge in [0.15, 0.2) is 0 Å². The van der Waals surface area contributed by atoms with Gasteiger partial charge in [-0.05, 0) is 23.8 Å². The van der Waals surface area contributed by atoms with Crippen molar-refractivity contribution in [2.24, 2.45) is 0 Å². The molecule has 6 nitrogen and oxygen atoms in total. The lowest BCUT2D eigenvalue weighted by molar-refractivity contribution is -0.133. The van der Waals surface area contributed by atoms with Crippen molar-refractivity contribution in [3.8, 4) is 0 Å². The molecule has 1 aliphatic heterocycles. The van der Waals surface area contributed by atoms with E-state index in [4.69, 9.17) is 11.6 Å². The van der Waals surface area contributed by atoms with Crippen molar-refractivity contribution in [3.63, 3.8) is 0 Å². The largest absolute Gasteiger partial charge is 0.339 e. The minimum atomic E-state index is -3.99. The number of piperazine rings is 1. The summed E-state index contributed by atoms with van der Waals surface area (Å²) in [7, 11) is -2.68. The number of rotatable bonds is 6. The average molecular weight is 440 g/mol. The zero-order chi connectivity index (χ0) is 21.0. The Morgan fingerprint density at radius 1 is 1.10 bits per heavy atom. The minimum Gasteiger partial charge on any atom is -0.339 e. The molecule has 1 aliphatic rings. The fourth-order valence-electron chi connectivity index (χ4n) is 3.22. The molecule has 0 aromatic heterocycles. The van der Waals surface area contributed by atoms with E-state index in [-0.39, 0.29) is 22.4 Å². The summed E-state index contributed by atoms with van der Waals surface area (Å²) in [5.41, 5.74) is 1.22. The van der Waals surface area contributed by atoms with E-state index >= 15 is 0 Å². The minimum absolute atomic E-state index is 0.209. The summed E-state index contributed by atoms with van der Waals surface area (Å²) in [4.78, 5) is 16.3. The van der Waals surface area contributed by atoms with Crippen LogP contribution in [0.15, 0.2) is 53.4 Å². The first-order valence-electron chi connectivity index (χ1n) is 9.23. The normalized spacial score (nSPS) is 15.7. The van der Waals surface area contributed by atoms with Gasteiger partial charge in [0, 0.05) is 39.8 Å². The molecule has 0 bridgehead atoms. The van der Waals surface area contributed by atoms with E-state index in [0.29, 0.717) is 13.1 Å². The molecule has 0 aliphatic carbocycles. The molecule has 2 aromatic rings. The smallest absolute Gasteiger partial charge is 0.244 e. The molecule has 2 aromatic carbocycles. The van der Waals surface area contributed by atoms with Crippen molar-refractivity contribution >= 4 is 27.5 Å². The van der Waals surface area contributed by atoms with Gasteiger partial charge in [-0.3, -0.25) is 9.69 Å². The molecule has 0 N–H and O–H groups in total. The molecule has 1 saturated heterocycles. The molecular formula is C20H23ClFN3O3S. The molecule has 1 amide bonds. The van der Waals surface area contributed by atoms with Crippen molar-refractivity contribution < 1.29 is 17.6 Å². The molecule has 0 radical (unpaired) electrons. The highest BCUT2D eigenvalue weighted by molar-refractivity contribution is 7.89. The molecule has 0 saturated carbocycles. The SMILES string of the molecule is CN(CC(=O)N1CCN(Cc2ccccc2)CC1)S(=O)(=O)c1ccc(F)cc1Cl. The molecular weight excluding hydrogens is 417 g/mol. The summed E-state index contributed by atoms with van der Waals surface area (Å²) in [6.45, 7) is 3.05. The fourth-order valence-corrected chi connectivity index (χ4v) is 4.85. The Hall–Kier alpha value is -2.00. The van der Waals surface area contributed by atoms with Gasteiger partial charge in [-0.1, -0.05) is 41.9 Å². The van der Waals surface area contributed by atoms with E-state index in [1.165, 1.54) is 12.6 Å². The standard InChI is InChI=1S/C20H23ClFN3O3S/c1-23(29(27,28)19-8-7-17(22)13-18(19)21)15-20(26)25-11-9-24(10-12-25)14-16-5-3-2-4-6-16/h2-8,13H,9-12,14-15H2,1H3. The molecule has 0 unspecified atom stereocenters. The van der Waals surface area contributed by atoms with Crippen molar-refractivity contribution in [2.45, 2.75) is 11.4 Å². The predicted octanol–water partition coefficient (Wildman–Crippen LogP) is 2.44. The Morgan fingerprint density at radius 3 is 2.38 bits per heavy atom. The van der Waals surface area contributed by atoms with Crippen molar-refractivity contribution in [3.05, 3.63) is 64.9 Å². The van der Waals surface area contributed by atoms with Gasteiger partial charge in [0.1, 0.15) is 10.7 Å². The van der Waals surface area contributed by atoms with Gasteiger partial charge in [-0.25, -0.2) is 12.8 Å². The summed E-state index contributed by atoms with van der Waals surface area (Å²) in [5, 5.41) is -0.209. The van der Waals surface area contributed by atoms with Crippen LogP contribution >= 0.6 is 11.6 Å². The van der Waals surface area contributed by atoms with Crippen LogP contribution in [-0.2, 0) is 21.4 Å². The molecule has 3 rings (SSSR count).